The van der Waals surface area contributed by atoms with Crippen LogP contribution in [0, 0.1) is 0 Å². The molecule has 1 heterocycles. The molecule has 1 saturated heterocycles. The van der Waals surface area contributed by atoms with E-state index in [1.54, 1.807) is 84.9 Å². The lowest BCUT2D eigenvalue weighted by Gasteiger charge is -2.44. The van der Waals surface area contributed by atoms with E-state index >= 15 is 0 Å². The Labute approximate surface area is 270 Å². The fourth-order valence-electron chi connectivity index (χ4n) is 4.90. The van der Waals surface area contributed by atoms with Gasteiger partial charge in [0, 0.05) is 6.92 Å². The highest BCUT2D eigenvalue weighted by Gasteiger charge is 2.53. The van der Waals surface area contributed by atoms with Gasteiger partial charge >= 0.3 is 23.9 Å². The summed E-state index contributed by atoms with van der Waals surface area (Å²) < 4.78 is 29.3. The second-order valence-corrected chi connectivity index (χ2v) is 10.5. The highest BCUT2D eigenvalue weighted by molar-refractivity contribution is 5.91. The summed E-state index contributed by atoms with van der Waals surface area (Å²) in [4.78, 5) is 65.5. The van der Waals surface area contributed by atoms with E-state index in [4.69, 9.17) is 23.7 Å². The molecule has 0 aliphatic carbocycles. The number of nitrogens with one attached hydrogen (secondary N) is 1. The van der Waals surface area contributed by atoms with Crippen molar-refractivity contribution in [2.75, 3.05) is 6.61 Å². The standard InChI is InChI=1S/C36H31NO10/c1-23(38)37-29-31(46-34(41)26-18-10-4-11-19-26)30(45-33(40)25-16-8-3-9-17-25)28(22-43-32(39)24-14-6-2-7-15-24)44-36(29)47-35(42)27-20-12-5-13-21-27/h2-21,28-31,36H,22H2,1H3,(H,37,38)/t28-,29-,30+,31+,36-/m0/s1. The highest BCUT2D eigenvalue weighted by atomic mass is 16.7. The molecule has 240 valence electrons. The summed E-state index contributed by atoms with van der Waals surface area (Å²) in [5, 5.41) is 2.63. The maximum absolute atomic E-state index is 13.4. The van der Waals surface area contributed by atoms with Gasteiger partial charge in [-0.25, -0.2) is 19.2 Å². The van der Waals surface area contributed by atoms with Gasteiger partial charge in [0.05, 0.1) is 22.3 Å². The monoisotopic (exact) mass is 637 g/mol. The van der Waals surface area contributed by atoms with E-state index in [-0.39, 0.29) is 22.3 Å². The van der Waals surface area contributed by atoms with Crippen molar-refractivity contribution in [1.82, 2.24) is 5.32 Å². The van der Waals surface area contributed by atoms with Crippen molar-refractivity contribution >= 4 is 29.8 Å². The summed E-state index contributed by atoms with van der Waals surface area (Å²) in [7, 11) is 0. The Balaban J connectivity index is 1.53. The lowest BCUT2D eigenvalue weighted by molar-refractivity contribution is -0.252. The zero-order chi connectivity index (χ0) is 33.2. The maximum Gasteiger partial charge on any atom is 0.340 e. The molecule has 1 N–H and O–H groups in total. The lowest BCUT2D eigenvalue weighted by Crippen LogP contribution is -2.67. The molecule has 4 aromatic rings. The van der Waals surface area contributed by atoms with Crippen molar-refractivity contribution in [2.45, 2.75) is 37.6 Å². The predicted molar refractivity (Wildman–Crippen MR) is 166 cm³/mol. The Bertz CT molecular complexity index is 1680. The third kappa shape index (κ3) is 8.47. The lowest BCUT2D eigenvalue weighted by atomic mass is 9.95. The van der Waals surface area contributed by atoms with Crippen LogP contribution in [0.4, 0.5) is 0 Å². The van der Waals surface area contributed by atoms with Crippen molar-refractivity contribution in [1.29, 1.82) is 0 Å². The molecule has 0 saturated carbocycles. The molecule has 11 nitrogen and oxygen atoms in total. The Morgan fingerprint density at radius 3 is 1.36 bits per heavy atom. The molecule has 1 amide bonds. The third-order valence-electron chi connectivity index (χ3n) is 7.14. The molecule has 0 aromatic heterocycles. The number of carbonyl (C=O) groups is 5. The molecule has 5 atom stereocenters. The normalized spacial score (nSPS) is 20.2. The van der Waals surface area contributed by atoms with Crippen LogP contribution >= 0.6 is 0 Å². The van der Waals surface area contributed by atoms with Gasteiger partial charge < -0.3 is 29.0 Å². The topological polar surface area (TPSA) is 144 Å². The van der Waals surface area contributed by atoms with Gasteiger partial charge in [0.2, 0.25) is 12.2 Å². The molecule has 1 aliphatic heterocycles. The SMILES string of the molecule is CC(=O)N[C@@H]1[C@H](OC(=O)c2ccccc2)O[C@@H](COC(=O)c2ccccc2)[C@@H](OC(=O)c2ccccc2)[C@@H]1OC(=O)c1ccccc1. The Kier molecular flexibility index (Phi) is 10.7. The van der Waals surface area contributed by atoms with Gasteiger partial charge in [0.15, 0.2) is 12.2 Å². The van der Waals surface area contributed by atoms with Crippen LogP contribution < -0.4 is 5.32 Å². The fraction of sp³-hybridized carbons (Fsp3) is 0.194. The van der Waals surface area contributed by atoms with Crippen LogP contribution in [0.15, 0.2) is 121 Å². The minimum absolute atomic E-state index is 0.165. The summed E-state index contributed by atoms with van der Waals surface area (Å²) in [6, 6.07) is 30.9. The first-order valence-electron chi connectivity index (χ1n) is 14.7. The zero-order valence-electron chi connectivity index (χ0n) is 25.2. The van der Waals surface area contributed by atoms with Crippen molar-refractivity contribution in [3.63, 3.8) is 0 Å². The van der Waals surface area contributed by atoms with E-state index in [1.165, 1.54) is 43.3 Å². The number of rotatable bonds is 10. The number of hydrogen-bond acceptors (Lipinski definition) is 10. The minimum Gasteiger partial charge on any atom is -0.459 e. The number of esters is 4. The van der Waals surface area contributed by atoms with Crippen LogP contribution in [0.5, 0.6) is 0 Å². The number of amides is 1. The smallest absolute Gasteiger partial charge is 0.340 e. The van der Waals surface area contributed by atoms with E-state index in [0.717, 1.165) is 0 Å². The van der Waals surface area contributed by atoms with Crippen LogP contribution in [0.25, 0.3) is 0 Å². The maximum atomic E-state index is 13.4. The average Bonchev–Trinajstić information content (AvgIpc) is 3.11. The van der Waals surface area contributed by atoms with Crippen molar-refractivity contribution in [3.8, 4) is 0 Å². The minimum atomic E-state index is -1.58. The molecule has 0 spiro atoms. The van der Waals surface area contributed by atoms with E-state index in [9.17, 15) is 24.0 Å². The Hall–Kier alpha value is -5.81. The Morgan fingerprint density at radius 1 is 0.553 bits per heavy atom. The molecule has 4 aromatic carbocycles. The summed E-state index contributed by atoms with van der Waals surface area (Å²) in [6.45, 7) is 0.705. The number of benzene rings is 4. The molecule has 1 aliphatic rings. The molecule has 0 radical (unpaired) electrons. The summed E-state index contributed by atoms with van der Waals surface area (Å²) in [6.07, 6.45) is -5.85. The van der Waals surface area contributed by atoms with Crippen LogP contribution in [0.1, 0.15) is 48.4 Å². The van der Waals surface area contributed by atoms with Gasteiger partial charge in [-0.3, -0.25) is 4.79 Å². The van der Waals surface area contributed by atoms with E-state index in [1.807, 2.05) is 0 Å². The van der Waals surface area contributed by atoms with Gasteiger partial charge in [0.1, 0.15) is 18.8 Å². The van der Waals surface area contributed by atoms with E-state index in [0.29, 0.717) is 0 Å². The molecular weight excluding hydrogens is 606 g/mol. The first kappa shape index (κ1) is 32.6. The number of carbonyl (C=O) groups excluding carboxylic acids is 5. The zero-order valence-corrected chi connectivity index (χ0v) is 25.2. The van der Waals surface area contributed by atoms with Crippen LogP contribution in [0.2, 0.25) is 0 Å². The van der Waals surface area contributed by atoms with E-state index in [2.05, 4.69) is 5.32 Å². The third-order valence-corrected chi connectivity index (χ3v) is 7.14. The molecular formula is C36H31NO10. The Morgan fingerprint density at radius 2 is 0.936 bits per heavy atom. The number of hydrogen-bond donors (Lipinski definition) is 1. The molecule has 1 fully saturated rings. The molecule has 0 bridgehead atoms. The molecule has 0 unspecified atom stereocenters. The van der Waals surface area contributed by atoms with Gasteiger partial charge in [-0.05, 0) is 48.5 Å². The largest absolute Gasteiger partial charge is 0.459 e. The fourth-order valence-corrected chi connectivity index (χ4v) is 4.90. The summed E-state index contributed by atoms with van der Waals surface area (Å²) in [5.74, 6) is -3.72. The average molecular weight is 638 g/mol. The summed E-state index contributed by atoms with van der Waals surface area (Å²) in [5.41, 5.74) is 0.768. The molecule has 47 heavy (non-hydrogen) atoms. The van der Waals surface area contributed by atoms with Crippen LogP contribution in [-0.4, -0.2) is 67.0 Å². The second kappa shape index (κ2) is 15.5. The van der Waals surface area contributed by atoms with Crippen molar-refractivity contribution < 1.29 is 47.7 Å². The summed E-state index contributed by atoms with van der Waals surface area (Å²) >= 11 is 0. The van der Waals surface area contributed by atoms with Crippen molar-refractivity contribution in [2.24, 2.45) is 0 Å². The first-order valence-corrected chi connectivity index (χ1v) is 14.7. The first-order chi connectivity index (χ1) is 22.8. The van der Waals surface area contributed by atoms with Crippen LogP contribution in [0.3, 0.4) is 0 Å². The number of ether oxygens (including phenoxy) is 5. The predicted octanol–water partition coefficient (Wildman–Crippen LogP) is 4.38. The quantitative estimate of drug-likeness (QED) is 0.197. The van der Waals surface area contributed by atoms with Crippen LogP contribution in [-0.2, 0) is 28.5 Å². The molecule has 5 rings (SSSR count). The van der Waals surface area contributed by atoms with E-state index < -0.39 is 67.0 Å². The van der Waals surface area contributed by atoms with Gasteiger partial charge in [-0.1, -0.05) is 72.8 Å². The van der Waals surface area contributed by atoms with Gasteiger partial charge in [0.25, 0.3) is 0 Å². The van der Waals surface area contributed by atoms with Gasteiger partial charge in [-0.15, -0.1) is 0 Å². The molecule has 11 heteroatoms. The van der Waals surface area contributed by atoms with Gasteiger partial charge in [-0.2, -0.15) is 0 Å². The highest BCUT2D eigenvalue weighted by Crippen LogP contribution is 2.30. The van der Waals surface area contributed by atoms with Crippen molar-refractivity contribution in [3.05, 3.63) is 144 Å². The second-order valence-electron chi connectivity index (χ2n) is 10.5.